The molecule has 1 aliphatic heterocycles. The van der Waals surface area contributed by atoms with E-state index in [0.29, 0.717) is 0 Å². The van der Waals surface area contributed by atoms with Gasteiger partial charge < -0.3 is 9.84 Å². The summed E-state index contributed by atoms with van der Waals surface area (Å²) < 4.78 is 6.65. The van der Waals surface area contributed by atoms with E-state index < -0.39 is 5.60 Å². The van der Waals surface area contributed by atoms with Crippen LogP contribution in [0.3, 0.4) is 0 Å². The Kier molecular flexibility index (Phi) is 3.99. The molecule has 4 nitrogen and oxygen atoms in total. The number of piperidine rings is 1. The molecule has 0 aromatic heterocycles. The van der Waals surface area contributed by atoms with E-state index >= 15 is 0 Å². The summed E-state index contributed by atoms with van der Waals surface area (Å²) in [6.45, 7) is 7.70. The molecule has 0 aromatic rings. The van der Waals surface area contributed by atoms with Crippen LogP contribution in [-0.4, -0.2) is 40.5 Å². The van der Waals surface area contributed by atoms with Crippen molar-refractivity contribution in [2.24, 2.45) is 11.8 Å². The van der Waals surface area contributed by atoms with E-state index in [9.17, 15) is 9.90 Å². The summed E-state index contributed by atoms with van der Waals surface area (Å²) in [7, 11) is 3.94. The van der Waals surface area contributed by atoms with Gasteiger partial charge >= 0.3 is 5.97 Å². The quantitative estimate of drug-likeness (QED) is 0.556. The molecular formula is C11H22NO3P. The van der Waals surface area contributed by atoms with Crippen molar-refractivity contribution in [3.05, 3.63) is 0 Å². The molecule has 16 heavy (non-hydrogen) atoms. The molecule has 0 spiro atoms. The fraction of sp³-hybridized carbons (Fsp3) is 0.909. The zero-order valence-corrected chi connectivity index (χ0v) is 11.8. The van der Waals surface area contributed by atoms with Gasteiger partial charge in [0.2, 0.25) is 0 Å². The first-order valence-corrected chi connectivity index (χ1v) is 6.10. The standard InChI is InChI=1S/C11H22NO3P/c1-6-7(2)11(4,14)8(3)12(16)9(6)10(13)15-5/h6-9,14H,16H2,1-5H3. The second kappa shape index (κ2) is 4.59. The number of hydrogen-bond acceptors (Lipinski definition) is 4. The molecule has 1 N–H and O–H groups in total. The maximum absolute atomic E-state index is 11.7. The summed E-state index contributed by atoms with van der Waals surface area (Å²) in [4.78, 5) is 11.7. The van der Waals surface area contributed by atoms with Crippen molar-refractivity contribution in [2.45, 2.75) is 45.4 Å². The number of methoxy groups -OCH3 is 1. The third kappa shape index (κ3) is 1.99. The van der Waals surface area contributed by atoms with E-state index in [0.717, 1.165) is 0 Å². The van der Waals surface area contributed by atoms with Crippen LogP contribution >= 0.6 is 9.39 Å². The Morgan fingerprint density at radius 2 is 1.94 bits per heavy atom. The van der Waals surface area contributed by atoms with Crippen LogP contribution in [-0.2, 0) is 9.53 Å². The lowest BCUT2D eigenvalue weighted by molar-refractivity contribution is -0.162. The van der Waals surface area contributed by atoms with Gasteiger partial charge in [0.15, 0.2) is 0 Å². The van der Waals surface area contributed by atoms with Crippen molar-refractivity contribution in [2.75, 3.05) is 7.11 Å². The number of nitrogens with zero attached hydrogens (tertiary/aromatic N) is 1. The molecule has 1 rings (SSSR count). The predicted octanol–water partition coefficient (Wildman–Crippen LogP) is 1.05. The highest BCUT2D eigenvalue weighted by Crippen LogP contribution is 2.41. The number of aliphatic hydroxyl groups is 1. The van der Waals surface area contributed by atoms with E-state index in [2.05, 4.69) is 9.39 Å². The van der Waals surface area contributed by atoms with Crippen molar-refractivity contribution < 1.29 is 14.6 Å². The minimum atomic E-state index is -0.800. The Morgan fingerprint density at radius 3 is 2.38 bits per heavy atom. The molecule has 1 fully saturated rings. The van der Waals surface area contributed by atoms with Crippen LogP contribution < -0.4 is 0 Å². The first-order chi connectivity index (χ1) is 7.25. The smallest absolute Gasteiger partial charge is 0.323 e. The predicted molar refractivity (Wildman–Crippen MR) is 65.8 cm³/mol. The number of ether oxygens (including phenoxy) is 1. The normalized spacial score (nSPS) is 45.4. The molecule has 1 heterocycles. The lowest BCUT2D eigenvalue weighted by atomic mass is 9.70. The lowest BCUT2D eigenvalue weighted by Gasteiger charge is -2.52. The molecule has 1 saturated heterocycles. The Morgan fingerprint density at radius 1 is 1.44 bits per heavy atom. The van der Waals surface area contributed by atoms with Crippen LogP contribution in [0, 0.1) is 11.8 Å². The van der Waals surface area contributed by atoms with Crippen LogP contribution in [0.2, 0.25) is 0 Å². The Balaban J connectivity index is 3.03. The SMILES string of the molecule is COC(=O)C1C(C)C(C)C(C)(O)C(C)N1P. The summed E-state index contributed by atoms with van der Waals surface area (Å²) in [5, 5.41) is 10.4. The number of hydrogen-bond donors (Lipinski definition) is 1. The van der Waals surface area contributed by atoms with E-state index in [4.69, 9.17) is 4.74 Å². The second-order valence-electron chi connectivity index (χ2n) is 4.96. The topological polar surface area (TPSA) is 49.8 Å². The number of rotatable bonds is 1. The maximum Gasteiger partial charge on any atom is 0.323 e. The van der Waals surface area contributed by atoms with E-state index in [1.807, 2.05) is 32.4 Å². The Hall–Kier alpha value is -0.180. The second-order valence-corrected chi connectivity index (χ2v) is 5.56. The Bertz CT molecular complexity index is 264. The van der Waals surface area contributed by atoms with Crippen molar-refractivity contribution in [1.82, 2.24) is 4.67 Å². The molecule has 94 valence electrons. The molecule has 1 aliphatic rings. The van der Waals surface area contributed by atoms with Crippen LogP contribution in [0.5, 0.6) is 0 Å². The molecule has 6 atom stereocenters. The Labute approximate surface area is 99.6 Å². The summed E-state index contributed by atoms with van der Waals surface area (Å²) in [6, 6.07) is -0.409. The molecule has 0 saturated carbocycles. The van der Waals surface area contributed by atoms with Gasteiger partial charge in [0.1, 0.15) is 6.04 Å². The van der Waals surface area contributed by atoms with Gasteiger partial charge in [0, 0.05) is 6.04 Å². The summed E-state index contributed by atoms with van der Waals surface area (Å²) in [5.74, 6) is -0.142. The molecule has 0 aromatic carbocycles. The largest absolute Gasteiger partial charge is 0.468 e. The third-order valence-electron chi connectivity index (χ3n) is 4.27. The molecule has 5 heteroatoms. The third-order valence-corrected chi connectivity index (χ3v) is 5.03. The molecular weight excluding hydrogens is 225 g/mol. The minimum Gasteiger partial charge on any atom is -0.468 e. The highest BCUT2D eigenvalue weighted by Gasteiger charge is 2.51. The average Bonchev–Trinajstić information content (AvgIpc) is 2.24. The van der Waals surface area contributed by atoms with E-state index in [-0.39, 0.29) is 29.9 Å². The van der Waals surface area contributed by atoms with Crippen molar-refractivity contribution in [3.8, 4) is 0 Å². The zero-order valence-electron chi connectivity index (χ0n) is 10.6. The van der Waals surface area contributed by atoms with Gasteiger partial charge in [-0.25, -0.2) is 0 Å². The molecule has 0 amide bonds. The van der Waals surface area contributed by atoms with Crippen LogP contribution in [0.25, 0.3) is 0 Å². The highest BCUT2D eigenvalue weighted by molar-refractivity contribution is 7.13. The number of carbonyl (C=O) groups is 1. The van der Waals surface area contributed by atoms with Gasteiger partial charge in [-0.15, -0.1) is 0 Å². The zero-order chi connectivity index (χ0) is 12.7. The molecule has 0 radical (unpaired) electrons. The van der Waals surface area contributed by atoms with Crippen LogP contribution in [0.1, 0.15) is 27.7 Å². The van der Waals surface area contributed by atoms with Crippen molar-refractivity contribution in [1.29, 1.82) is 0 Å². The van der Waals surface area contributed by atoms with Gasteiger partial charge in [-0.3, -0.25) is 9.46 Å². The monoisotopic (exact) mass is 247 g/mol. The van der Waals surface area contributed by atoms with Crippen LogP contribution in [0.4, 0.5) is 0 Å². The van der Waals surface area contributed by atoms with E-state index in [1.165, 1.54) is 7.11 Å². The van der Waals surface area contributed by atoms with Crippen molar-refractivity contribution in [3.63, 3.8) is 0 Å². The van der Waals surface area contributed by atoms with Gasteiger partial charge in [0.25, 0.3) is 0 Å². The number of carbonyl (C=O) groups excluding carboxylic acids is 1. The summed E-state index contributed by atoms with van der Waals surface area (Å²) >= 11 is 0. The number of esters is 1. The van der Waals surface area contributed by atoms with Gasteiger partial charge in [-0.05, 0) is 25.7 Å². The van der Waals surface area contributed by atoms with E-state index in [1.54, 1.807) is 0 Å². The van der Waals surface area contributed by atoms with Gasteiger partial charge in [-0.2, -0.15) is 0 Å². The van der Waals surface area contributed by atoms with Gasteiger partial charge in [-0.1, -0.05) is 23.2 Å². The summed E-state index contributed by atoms with van der Waals surface area (Å²) in [5.41, 5.74) is -0.800. The first kappa shape index (κ1) is 13.9. The molecule has 0 aliphatic carbocycles. The fourth-order valence-corrected chi connectivity index (χ4v) is 3.15. The highest BCUT2D eigenvalue weighted by atomic mass is 31.0. The van der Waals surface area contributed by atoms with Crippen LogP contribution in [0.15, 0.2) is 0 Å². The lowest BCUT2D eigenvalue weighted by Crippen LogP contribution is -2.63. The molecule has 0 bridgehead atoms. The average molecular weight is 247 g/mol. The minimum absolute atomic E-state index is 0.0448. The van der Waals surface area contributed by atoms with Crippen molar-refractivity contribution >= 4 is 15.4 Å². The maximum atomic E-state index is 11.7. The molecule has 6 unspecified atom stereocenters. The fourth-order valence-electron chi connectivity index (χ4n) is 2.46. The van der Waals surface area contributed by atoms with Gasteiger partial charge in [0.05, 0.1) is 12.7 Å². The summed E-state index contributed by atoms with van der Waals surface area (Å²) in [6.07, 6.45) is 0. The first-order valence-electron chi connectivity index (χ1n) is 5.58.